The predicted octanol–water partition coefficient (Wildman–Crippen LogP) is 1.68. The minimum atomic E-state index is 0.0319. The smallest absolute Gasteiger partial charge is 0.216 e. The molecule has 15 heavy (non-hydrogen) atoms. The van der Waals surface area contributed by atoms with Crippen LogP contribution < -0.4 is 10.5 Å². The molecule has 1 aromatic rings. The van der Waals surface area contributed by atoms with Crippen molar-refractivity contribution in [3.8, 4) is 5.88 Å². The van der Waals surface area contributed by atoms with E-state index in [1.807, 2.05) is 6.07 Å². The lowest BCUT2D eigenvalue weighted by Gasteiger charge is -2.18. The third-order valence-electron chi connectivity index (χ3n) is 3.12. The molecule has 2 N–H and O–H groups in total. The van der Waals surface area contributed by atoms with Gasteiger partial charge in [-0.25, -0.2) is 9.97 Å². The first-order chi connectivity index (χ1) is 7.31. The van der Waals surface area contributed by atoms with Crippen LogP contribution in [0.2, 0.25) is 0 Å². The summed E-state index contributed by atoms with van der Waals surface area (Å²) in [5, 5.41) is 0. The first-order valence-electron chi connectivity index (χ1n) is 5.43. The van der Waals surface area contributed by atoms with Gasteiger partial charge in [0.25, 0.3) is 0 Å². The molecule has 1 fully saturated rings. The summed E-state index contributed by atoms with van der Waals surface area (Å²) < 4.78 is 5.06. The lowest BCUT2D eigenvalue weighted by atomic mass is 9.96. The maximum Gasteiger partial charge on any atom is 0.216 e. The van der Waals surface area contributed by atoms with E-state index in [9.17, 15) is 0 Å². The van der Waals surface area contributed by atoms with E-state index in [0.717, 1.165) is 5.69 Å². The third-order valence-corrected chi connectivity index (χ3v) is 3.12. The van der Waals surface area contributed by atoms with E-state index in [1.165, 1.54) is 32.0 Å². The van der Waals surface area contributed by atoms with Gasteiger partial charge >= 0.3 is 0 Å². The monoisotopic (exact) mass is 207 g/mol. The van der Waals surface area contributed by atoms with Gasteiger partial charge in [-0.1, -0.05) is 12.8 Å². The molecular formula is C11H17N3O. The zero-order valence-electron chi connectivity index (χ0n) is 9.02. The molecule has 82 valence electrons. The average molecular weight is 207 g/mol. The van der Waals surface area contributed by atoms with Crippen LogP contribution in [0.3, 0.4) is 0 Å². The maximum atomic E-state index is 6.18. The highest BCUT2D eigenvalue weighted by Crippen LogP contribution is 2.33. The average Bonchev–Trinajstić information content (AvgIpc) is 2.81. The molecule has 4 heteroatoms. The highest BCUT2D eigenvalue weighted by Gasteiger charge is 2.24. The van der Waals surface area contributed by atoms with Crippen molar-refractivity contribution < 1.29 is 4.74 Å². The van der Waals surface area contributed by atoms with E-state index in [4.69, 9.17) is 10.5 Å². The quantitative estimate of drug-likeness (QED) is 0.819. The molecule has 1 saturated carbocycles. The third kappa shape index (κ3) is 2.26. The van der Waals surface area contributed by atoms with Crippen LogP contribution in [0.4, 0.5) is 0 Å². The standard InChI is InChI=1S/C11H17N3O/c1-15-10-6-9(13-7-14-10)11(12)8-4-2-3-5-8/h6-8,11H,2-5,12H2,1H3. The van der Waals surface area contributed by atoms with E-state index in [-0.39, 0.29) is 6.04 Å². The molecule has 2 rings (SSSR count). The highest BCUT2D eigenvalue weighted by molar-refractivity contribution is 5.17. The van der Waals surface area contributed by atoms with Gasteiger partial charge in [0.15, 0.2) is 0 Å². The summed E-state index contributed by atoms with van der Waals surface area (Å²) in [6, 6.07) is 1.87. The van der Waals surface area contributed by atoms with Crippen LogP contribution in [-0.4, -0.2) is 17.1 Å². The number of aromatic nitrogens is 2. The Hall–Kier alpha value is -1.16. The molecule has 0 spiro atoms. The second-order valence-corrected chi connectivity index (χ2v) is 4.06. The van der Waals surface area contributed by atoms with Crippen LogP contribution in [0, 0.1) is 5.92 Å². The Balaban J connectivity index is 2.13. The maximum absolute atomic E-state index is 6.18. The number of methoxy groups -OCH3 is 1. The topological polar surface area (TPSA) is 61.0 Å². The molecule has 0 bridgehead atoms. The summed E-state index contributed by atoms with van der Waals surface area (Å²) in [7, 11) is 1.60. The minimum Gasteiger partial charge on any atom is -0.481 e. The van der Waals surface area contributed by atoms with Gasteiger partial charge in [0.1, 0.15) is 6.33 Å². The number of rotatable bonds is 3. The fourth-order valence-corrected chi connectivity index (χ4v) is 2.21. The van der Waals surface area contributed by atoms with Gasteiger partial charge in [-0.05, 0) is 18.8 Å². The molecular weight excluding hydrogens is 190 g/mol. The van der Waals surface area contributed by atoms with Crippen molar-refractivity contribution in [1.82, 2.24) is 9.97 Å². The summed E-state index contributed by atoms with van der Waals surface area (Å²) in [6.45, 7) is 0. The fraction of sp³-hybridized carbons (Fsp3) is 0.636. The largest absolute Gasteiger partial charge is 0.481 e. The Labute approximate surface area is 89.9 Å². The Bertz CT molecular complexity index is 323. The van der Waals surface area contributed by atoms with Crippen LogP contribution in [0.5, 0.6) is 5.88 Å². The van der Waals surface area contributed by atoms with Crippen LogP contribution >= 0.6 is 0 Å². The van der Waals surface area contributed by atoms with Gasteiger partial charge in [-0.2, -0.15) is 0 Å². The number of hydrogen-bond acceptors (Lipinski definition) is 4. The summed E-state index contributed by atoms with van der Waals surface area (Å²) in [4.78, 5) is 8.19. The second-order valence-electron chi connectivity index (χ2n) is 4.06. The number of nitrogens with zero attached hydrogens (tertiary/aromatic N) is 2. The molecule has 1 unspecified atom stereocenters. The molecule has 4 nitrogen and oxygen atoms in total. The summed E-state index contributed by atoms with van der Waals surface area (Å²) in [6.07, 6.45) is 6.53. The van der Waals surface area contributed by atoms with Crippen molar-refractivity contribution in [3.05, 3.63) is 18.1 Å². The van der Waals surface area contributed by atoms with Gasteiger partial charge in [0, 0.05) is 6.07 Å². The van der Waals surface area contributed by atoms with Gasteiger partial charge in [0.2, 0.25) is 5.88 Å². The first-order valence-corrected chi connectivity index (χ1v) is 5.43. The SMILES string of the molecule is COc1cc(C(N)C2CCCC2)ncn1. The molecule has 1 heterocycles. The zero-order valence-corrected chi connectivity index (χ0v) is 9.02. The van der Waals surface area contributed by atoms with Gasteiger partial charge < -0.3 is 10.5 Å². The lowest BCUT2D eigenvalue weighted by molar-refractivity contribution is 0.389. The molecule has 0 aromatic carbocycles. The molecule has 0 aliphatic heterocycles. The summed E-state index contributed by atoms with van der Waals surface area (Å²) >= 11 is 0. The predicted molar refractivity (Wildman–Crippen MR) is 57.5 cm³/mol. The van der Waals surface area contributed by atoms with Crippen molar-refractivity contribution in [1.29, 1.82) is 0 Å². The zero-order chi connectivity index (χ0) is 10.7. The summed E-state index contributed by atoms with van der Waals surface area (Å²) in [5.74, 6) is 1.16. The van der Waals surface area contributed by atoms with E-state index < -0.39 is 0 Å². The van der Waals surface area contributed by atoms with Gasteiger partial charge in [-0.15, -0.1) is 0 Å². The van der Waals surface area contributed by atoms with Crippen molar-refractivity contribution in [2.75, 3.05) is 7.11 Å². The molecule has 1 aromatic heterocycles. The Morgan fingerprint density at radius 2 is 2.13 bits per heavy atom. The number of ether oxygens (including phenoxy) is 1. The van der Waals surface area contributed by atoms with E-state index in [2.05, 4.69) is 9.97 Å². The highest BCUT2D eigenvalue weighted by atomic mass is 16.5. The van der Waals surface area contributed by atoms with E-state index >= 15 is 0 Å². The summed E-state index contributed by atoms with van der Waals surface area (Å²) in [5.41, 5.74) is 7.08. The first kappa shape index (κ1) is 10.4. The fourth-order valence-electron chi connectivity index (χ4n) is 2.21. The van der Waals surface area contributed by atoms with Crippen molar-refractivity contribution in [2.45, 2.75) is 31.7 Å². The molecule has 1 aliphatic carbocycles. The van der Waals surface area contributed by atoms with E-state index in [1.54, 1.807) is 7.11 Å². The van der Waals surface area contributed by atoms with Crippen LogP contribution in [0.1, 0.15) is 37.4 Å². The van der Waals surface area contributed by atoms with Crippen LogP contribution in [0.15, 0.2) is 12.4 Å². The second kappa shape index (κ2) is 4.57. The van der Waals surface area contributed by atoms with Gasteiger partial charge in [0.05, 0.1) is 18.8 Å². The lowest BCUT2D eigenvalue weighted by Crippen LogP contribution is -2.20. The molecule has 1 atom stereocenters. The molecule has 1 aliphatic rings. The minimum absolute atomic E-state index is 0.0319. The van der Waals surface area contributed by atoms with Gasteiger partial charge in [-0.3, -0.25) is 0 Å². The Morgan fingerprint density at radius 3 is 2.80 bits per heavy atom. The Morgan fingerprint density at radius 1 is 1.40 bits per heavy atom. The van der Waals surface area contributed by atoms with Crippen molar-refractivity contribution in [3.63, 3.8) is 0 Å². The van der Waals surface area contributed by atoms with Crippen LogP contribution in [0.25, 0.3) is 0 Å². The van der Waals surface area contributed by atoms with E-state index in [0.29, 0.717) is 11.8 Å². The number of nitrogens with two attached hydrogens (primary N) is 1. The Kier molecular flexibility index (Phi) is 3.16. The van der Waals surface area contributed by atoms with Crippen molar-refractivity contribution in [2.24, 2.45) is 11.7 Å². The molecule has 0 radical (unpaired) electrons. The molecule has 0 saturated heterocycles. The van der Waals surface area contributed by atoms with Crippen molar-refractivity contribution >= 4 is 0 Å². The normalized spacial score (nSPS) is 19.1. The van der Waals surface area contributed by atoms with Crippen LogP contribution in [-0.2, 0) is 0 Å². The molecule has 0 amide bonds. The number of hydrogen-bond donors (Lipinski definition) is 1.